The summed E-state index contributed by atoms with van der Waals surface area (Å²) in [6, 6.07) is 4.00. The molecule has 7 heteroatoms. The molecule has 7 nitrogen and oxygen atoms in total. The highest BCUT2D eigenvalue weighted by molar-refractivity contribution is 5.98. The van der Waals surface area contributed by atoms with E-state index in [1.54, 1.807) is 13.1 Å². The molecule has 0 saturated carbocycles. The number of nitro benzene ring substituents is 1. The quantitative estimate of drug-likeness (QED) is 0.265. The van der Waals surface area contributed by atoms with Gasteiger partial charge in [0.1, 0.15) is 5.69 Å². The Balaban J connectivity index is 3.54. The zero-order valence-corrected chi connectivity index (χ0v) is 9.91. The van der Waals surface area contributed by atoms with Crippen molar-refractivity contribution in [3.8, 4) is 6.19 Å². The van der Waals surface area contributed by atoms with Gasteiger partial charge in [-0.1, -0.05) is 6.07 Å². The number of benzene rings is 1. The molecule has 1 aromatic rings. The van der Waals surface area contributed by atoms with Gasteiger partial charge >= 0.3 is 5.97 Å². The Labute approximate surface area is 103 Å². The number of methoxy groups -OCH3 is 1. The summed E-state index contributed by atoms with van der Waals surface area (Å²) in [4.78, 5) is 22.9. The number of anilines is 1. The van der Waals surface area contributed by atoms with E-state index in [1.807, 2.05) is 0 Å². The van der Waals surface area contributed by atoms with Crippen molar-refractivity contribution in [2.24, 2.45) is 0 Å². The minimum absolute atomic E-state index is 0.00454. The lowest BCUT2D eigenvalue weighted by atomic mass is 10.1. The summed E-state index contributed by atoms with van der Waals surface area (Å²) in [5.74, 6) is -0.720. The summed E-state index contributed by atoms with van der Waals surface area (Å²) in [7, 11) is 1.17. The fraction of sp³-hybridized carbons (Fsp3) is 0.273. The number of rotatable bonds is 4. The molecule has 94 valence electrons. The van der Waals surface area contributed by atoms with Crippen LogP contribution < -0.4 is 4.90 Å². The first-order valence-corrected chi connectivity index (χ1v) is 5.09. The van der Waals surface area contributed by atoms with Crippen molar-refractivity contribution >= 4 is 17.3 Å². The molecule has 0 aromatic heterocycles. The Morgan fingerprint density at radius 1 is 1.61 bits per heavy atom. The van der Waals surface area contributed by atoms with Gasteiger partial charge in [0.15, 0.2) is 6.19 Å². The average Bonchev–Trinajstić information content (AvgIpc) is 2.39. The molecule has 1 rings (SSSR count). The Hall–Kier alpha value is -2.62. The molecule has 18 heavy (non-hydrogen) atoms. The van der Waals surface area contributed by atoms with Crippen LogP contribution in [0.2, 0.25) is 0 Å². The molecule has 0 saturated heterocycles. The lowest BCUT2D eigenvalue weighted by Crippen LogP contribution is -2.20. The third-order valence-electron chi connectivity index (χ3n) is 2.32. The number of para-hydroxylation sites is 1. The number of hydrogen-bond acceptors (Lipinski definition) is 6. The second kappa shape index (κ2) is 5.63. The summed E-state index contributed by atoms with van der Waals surface area (Å²) in [6.07, 6.45) is 1.80. The van der Waals surface area contributed by atoms with Crippen molar-refractivity contribution in [2.75, 3.05) is 18.6 Å². The highest BCUT2D eigenvalue weighted by Crippen LogP contribution is 2.32. The van der Waals surface area contributed by atoms with Crippen LogP contribution in [0.15, 0.2) is 18.2 Å². The van der Waals surface area contributed by atoms with Crippen LogP contribution in [0.5, 0.6) is 0 Å². The van der Waals surface area contributed by atoms with Crippen molar-refractivity contribution in [3.63, 3.8) is 0 Å². The minimum atomic E-state index is -0.720. The smallest absolute Gasteiger partial charge is 0.340 e. The molecule has 0 amide bonds. The fourth-order valence-electron chi connectivity index (χ4n) is 1.52. The van der Waals surface area contributed by atoms with Gasteiger partial charge in [-0.2, -0.15) is 5.26 Å². The van der Waals surface area contributed by atoms with Gasteiger partial charge in [0.2, 0.25) is 0 Å². The maximum atomic E-state index is 11.6. The molecule has 0 aliphatic rings. The molecule has 0 bridgehead atoms. The number of esters is 1. The number of carbonyl (C=O) groups is 1. The molecule has 0 radical (unpaired) electrons. The predicted octanol–water partition coefficient (Wildman–Crippen LogP) is 1.69. The molecule has 0 aliphatic heterocycles. The number of ether oxygens (including phenoxy) is 1. The highest BCUT2D eigenvalue weighted by Gasteiger charge is 2.26. The largest absolute Gasteiger partial charge is 0.465 e. The van der Waals surface area contributed by atoms with Gasteiger partial charge in [0.05, 0.1) is 17.6 Å². The van der Waals surface area contributed by atoms with Crippen LogP contribution in [0.3, 0.4) is 0 Å². The van der Waals surface area contributed by atoms with Gasteiger partial charge in [0.25, 0.3) is 5.69 Å². The van der Waals surface area contributed by atoms with Crippen molar-refractivity contribution in [3.05, 3.63) is 33.9 Å². The number of nitro groups is 1. The molecule has 0 unspecified atom stereocenters. The van der Waals surface area contributed by atoms with Crippen LogP contribution in [0, 0.1) is 21.6 Å². The summed E-state index contributed by atoms with van der Waals surface area (Å²) < 4.78 is 4.55. The van der Waals surface area contributed by atoms with E-state index in [-0.39, 0.29) is 23.5 Å². The maximum Gasteiger partial charge on any atom is 0.340 e. The Morgan fingerprint density at radius 3 is 2.72 bits per heavy atom. The topological polar surface area (TPSA) is 96.5 Å². The fourth-order valence-corrected chi connectivity index (χ4v) is 1.52. The molecule has 0 heterocycles. The van der Waals surface area contributed by atoms with Gasteiger partial charge in [-0.3, -0.25) is 15.0 Å². The lowest BCUT2D eigenvalue weighted by Gasteiger charge is -2.16. The Kier molecular flexibility index (Phi) is 4.21. The molecule has 0 N–H and O–H groups in total. The molecule has 1 aromatic carbocycles. The van der Waals surface area contributed by atoms with E-state index in [1.165, 1.54) is 25.3 Å². The van der Waals surface area contributed by atoms with E-state index in [9.17, 15) is 14.9 Å². The van der Waals surface area contributed by atoms with Gasteiger partial charge in [-0.15, -0.1) is 0 Å². The van der Waals surface area contributed by atoms with E-state index in [0.29, 0.717) is 0 Å². The summed E-state index contributed by atoms with van der Waals surface area (Å²) >= 11 is 0. The van der Waals surface area contributed by atoms with E-state index in [2.05, 4.69) is 4.74 Å². The third kappa shape index (κ3) is 2.38. The van der Waals surface area contributed by atoms with Crippen LogP contribution in [-0.4, -0.2) is 24.5 Å². The molecular formula is C11H11N3O4. The molecule has 0 aliphatic carbocycles. The van der Waals surface area contributed by atoms with Gasteiger partial charge in [-0.05, 0) is 13.0 Å². The second-order valence-corrected chi connectivity index (χ2v) is 3.27. The number of hydrogen-bond donors (Lipinski definition) is 0. The van der Waals surface area contributed by atoms with Gasteiger partial charge in [0, 0.05) is 12.6 Å². The van der Waals surface area contributed by atoms with Crippen LogP contribution in [-0.2, 0) is 4.74 Å². The van der Waals surface area contributed by atoms with E-state index < -0.39 is 10.9 Å². The van der Waals surface area contributed by atoms with Crippen LogP contribution in [0.25, 0.3) is 0 Å². The average molecular weight is 249 g/mol. The second-order valence-electron chi connectivity index (χ2n) is 3.27. The molecule has 0 atom stereocenters. The molecule has 0 spiro atoms. The van der Waals surface area contributed by atoms with Crippen molar-refractivity contribution < 1.29 is 14.5 Å². The van der Waals surface area contributed by atoms with E-state index in [4.69, 9.17) is 5.26 Å². The third-order valence-corrected chi connectivity index (χ3v) is 2.32. The van der Waals surface area contributed by atoms with Crippen molar-refractivity contribution in [1.82, 2.24) is 0 Å². The van der Waals surface area contributed by atoms with E-state index >= 15 is 0 Å². The monoisotopic (exact) mass is 249 g/mol. The number of nitrogens with zero attached hydrogens (tertiary/aromatic N) is 3. The zero-order valence-electron chi connectivity index (χ0n) is 9.91. The first kappa shape index (κ1) is 13.4. The van der Waals surface area contributed by atoms with Gasteiger partial charge in [-0.25, -0.2) is 4.79 Å². The standard InChI is InChI=1S/C11H11N3O4/c1-3-13(7-12)10-8(11(15)18-2)5-4-6-9(10)14(16)17/h4-6H,3H2,1-2H3. The van der Waals surface area contributed by atoms with Crippen LogP contribution in [0.1, 0.15) is 17.3 Å². The molecule has 0 fully saturated rings. The molecular weight excluding hydrogens is 238 g/mol. The Morgan fingerprint density at radius 2 is 2.28 bits per heavy atom. The van der Waals surface area contributed by atoms with Crippen LogP contribution >= 0.6 is 0 Å². The van der Waals surface area contributed by atoms with Crippen molar-refractivity contribution in [2.45, 2.75) is 6.92 Å². The lowest BCUT2D eigenvalue weighted by molar-refractivity contribution is -0.384. The predicted molar refractivity (Wildman–Crippen MR) is 63.1 cm³/mol. The zero-order chi connectivity index (χ0) is 13.7. The summed E-state index contributed by atoms with van der Waals surface area (Å²) in [6.45, 7) is 1.87. The maximum absolute atomic E-state index is 11.6. The van der Waals surface area contributed by atoms with Crippen molar-refractivity contribution in [1.29, 1.82) is 5.26 Å². The SMILES string of the molecule is CCN(C#N)c1c(C(=O)OC)cccc1[N+](=O)[O-]. The van der Waals surface area contributed by atoms with Gasteiger partial charge < -0.3 is 4.74 Å². The minimum Gasteiger partial charge on any atom is -0.465 e. The van der Waals surface area contributed by atoms with Crippen LogP contribution in [0.4, 0.5) is 11.4 Å². The normalized spacial score (nSPS) is 9.39. The summed E-state index contributed by atoms with van der Waals surface area (Å²) in [5, 5.41) is 19.9. The van der Waals surface area contributed by atoms with E-state index in [0.717, 1.165) is 4.90 Å². The first-order chi connectivity index (χ1) is 8.56. The first-order valence-electron chi connectivity index (χ1n) is 5.09. The highest BCUT2D eigenvalue weighted by atomic mass is 16.6. The number of nitriles is 1. The Bertz CT molecular complexity index is 522. The summed E-state index contributed by atoms with van der Waals surface area (Å²) in [5.41, 5.74) is -0.351. The number of carbonyl (C=O) groups excluding carboxylic acids is 1.